The smallest absolute Gasteiger partial charge is 0.347 e. The van der Waals surface area contributed by atoms with Crippen molar-refractivity contribution in [2.45, 2.75) is 0 Å². The molecule has 0 spiro atoms. The van der Waals surface area contributed by atoms with E-state index in [2.05, 4.69) is 0 Å². The molecule has 2 heterocycles. The molecule has 0 saturated heterocycles. The number of ether oxygens (including phenoxy) is 1. The molecular weight excluding hydrogens is 324 g/mol. The lowest BCUT2D eigenvalue weighted by Crippen LogP contribution is -2.14. The number of phenols is 1. The fraction of sp³-hybridized carbons (Fsp3) is 0.0526. The summed E-state index contributed by atoms with van der Waals surface area (Å²) in [6.07, 6.45) is 0. The highest BCUT2D eigenvalue weighted by molar-refractivity contribution is 6.09. The second kappa shape index (κ2) is 5.52. The molecule has 0 unspecified atom stereocenters. The number of rotatable bonds is 3. The van der Waals surface area contributed by atoms with Crippen LogP contribution in [0.1, 0.15) is 16.1 Å². The Bertz CT molecular complexity index is 1180. The average Bonchev–Trinajstić information content (AvgIpc) is 3.03. The molecule has 2 aromatic carbocycles. The topological polar surface area (TPSA) is 89.9 Å². The molecule has 6 heteroatoms. The monoisotopic (exact) mass is 336 g/mol. The maximum absolute atomic E-state index is 12.7. The summed E-state index contributed by atoms with van der Waals surface area (Å²) in [5.41, 5.74) is -0.0834. The molecule has 0 aliphatic heterocycles. The van der Waals surface area contributed by atoms with Gasteiger partial charge in [0, 0.05) is 10.8 Å². The van der Waals surface area contributed by atoms with Gasteiger partial charge in [-0.3, -0.25) is 4.79 Å². The van der Waals surface area contributed by atoms with Gasteiger partial charge in [0.15, 0.2) is 5.76 Å². The molecule has 124 valence electrons. The molecule has 0 aliphatic rings. The van der Waals surface area contributed by atoms with Gasteiger partial charge in [-0.1, -0.05) is 0 Å². The molecule has 6 nitrogen and oxygen atoms in total. The first-order valence-electron chi connectivity index (χ1n) is 7.44. The molecule has 0 aliphatic carbocycles. The van der Waals surface area contributed by atoms with Crippen LogP contribution in [0.25, 0.3) is 21.9 Å². The van der Waals surface area contributed by atoms with E-state index in [4.69, 9.17) is 13.6 Å². The van der Waals surface area contributed by atoms with Crippen molar-refractivity contribution in [3.05, 3.63) is 70.3 Å². The van der Waals surface area contributed by atoms with Gasteiger partial charge >= 0.3 is 5.63 Å². The minimum absolute atomic E-state index is 0.00449. The SMILES string of the molecule is COc1ccc2oc(=O)c(C(=O)c3cc4cc(O)ccc4o3)cc2c1. The first kappa shape index (κ1) is 15.0. The Hall–Kier alpha value is -3.54. The first-order chi connectivity index (χ1) is 12.0. The third kappa shape index (κ3) is 2.53. The molecule has 1 N–H and O–H groups in total. The number of aromatic hydroxyl groups is 1. The van der Waals surface area contributed by atoms with Crippen LogP contribution in [-0.2, 0) is 0 Å². The Balaban J connectivity index is 1.85. The van der Waals surface area contributed by atoms with Gasteiger partial charge in [0.25, 0.3) is 0 Å². The molecule has 0 fully saturated rings. The molecule has 25 heavy (non-hydrogen) atoms. The van der Waals surface area contributed by atoms with Gasteiger partial charge in [-0.05, 0) is 48.5 Å². The maximum atomic E-state index is 12.7. The predicted octanol–water partition coefficient (Wildman–Crippen LogP) is 3.48. The Morgan fingerprint density at radius 2 is 1.68 bits per heavy atom. The third-order valence-corrected chi connectivity index (χ3v) is 3.91. The molecule has 0 amide bonds. The predicted molar refractivity (Wildman–Crippen MR) is 90.3 cm³/mol. The molecular formula is C19H12O6. The molecule has 2 aromatic heterocycles. The number of hydrogen-bond acceptors (Lipinski definition) is 6. The van der Waals surface area contributed by atoms with E-state index in [0.717, 1.165) is 0 Å². The second-order valence-electron chi connectivity index (χ2n) is 5.51. The van der Waals surface area contributed by atoms with Crippen LogP contribution in [0.3, 0.4) is 0 Å². The summed E-state index contributed by atoms with van der Waals surface area (Å²) in [6.45, 7) is 0. The van der Waals surface area contributed by atoms with Crippen LogP contribution in [0, 0.1) is 0 Å². The van der Waals surface area contributed by atoms with Gasteiger partial charge in [-0.15, -0.1) is 0 Å². The van der Waals surface area contributed by atoms with Gasteiger partial charge in [0.1, 0.15) is 28.2 Å². The molecule has 4 aromatic rings. The molecule has 0 atom stereocenters. The highest BCUT2D eigenvalue weighted by Crippen LogP contribution is 2.26. The minimum atomic E-state index is -0.744. The van der Waals surface area contributed by atoms with Crippen molar-refractivity contribution >= 4 is 27.7 Å². The lowest BCUT2D eigenvalue weighted by atomic mass is 10.1. The van der Waals surface area contributed by atoms with Crippen LogP contribution in [0.5, 0.6) is 11.5 Å². The fourth-order valence-electron chi connectivity index (χ4n) is 2.66. The molecule has 4 rings (SSSR count). The normalized spacial score (nSPS) is 11.1. The van der Waals surface area contributed by atoms with Crippen molar-refractivity contribution in [3.63, 3.8) is 0 Å². The second-order valence-corrected chi connectivity index (χ2v) is 5.51. The highest BCUT2D eigenvalue weighted by Gasteiger charge is 2.20. The number of hydrogen-bond donors (Lipinski definition) is 1. The summed E-state index contributed by atoms with van der Waals surface area (Å²) in [5, 5.41) is 10.6. The van der Waals surface area contributed by atoms with Crippen LogP contribution in [0.15, 0.2) is 62.2 Å². The fourth-order valence-corrected chi connectivity index (χ4v) is 2.66. The van der Waals surface area contributed by atoms with Crippen LogP contribution >= 0.6 is 0 Å². The summed E-state index contributed by atoms with van der Waals surface area (Å²) < 4.78 is 15.8. The number of fused-ring (bicyclic) bond motifs is 2. The van der Waals surface area contributed by atoms with Crippen molar-refractivity contribution in [1.29, 1.82) is 0 Å². The van der Waals surface area contributed by atoms with Crippen LogP contribution in [0.4, 0.5) is 0 Å². The molecule has 0 saturated carbocycles. The number of carbonyl (C=O) groups is 1. The van der Waals surface area contributed by atoms with Crippen molar-refractivity contribution in [2.24, 2.45) is 0 Å². The zero-order valence-electron chi connectivity index (χ0n) is 13.1. The van der Waals surface area contributed by atoms with E-state index in [9.17, 15) is 14.7 Å². The third-order valence-electron chi connectivity index (χ3n) is 3.91. The van der Waals surface area contributed by atoms with Crippen molar-refractivity contribution < 1.29 is 23.5 Å². The number of benzene rings is 2. The zero-order chi connectivity index (χ0) is 17.6. The summed E-state index contributed by atoms with van der Waals surface area (Å²) in [7, 11) is 1.52. The summed E-state index contributed by atoms with van der Waals surface area (Å²) >= 11 is 0. The number of furan rings is 1. The Morgan fingerprint density at radius 1 is 0.960 bits per heavy atom. The van der Waals surface area contributed by atoms with E-state index in [1.54, 1.807) is 24.3 Å². The van der Waals surface area contributed by atoms with E-state index >= 15 is 0 Å². The van der Waals surface area contributed by atoms with E-state index in [-0.39, 0.29) is 17.1 Å². The minimum Gasteiger partial charge on any atom is -0.508 e. The van der Waals surface area contributed by atoms with Crippen LogP contribution in [-0.4, -0.2) is 18.0 Å². The van der Waals surface area contributed by atoms with Crippen LogP contribution in [0.2, 0.25) is 0 Å². The van der Waals surface area contributed by atoms with E-state index in [0.29, 0.717) is 27.7 Å². The van der Waals surface area contributed by atoms with Crippen LogP contribution < -0.4 is 10.4 Å². The van der Waals surface area contributed by atoms with Gasteiger partial charge in [0.2, 0.25) is 5.78 Å². The largest absolute Gasteiger partial charge is 0.508 e. The summed E-state index contributed by atoms with van der Waals surface area (Å²) in [4.78, 5) is 24.8. The van der Waals surface area contributed by atoms with Gasteiger partial charge in [-0.2, -0.15) is 0 Å². The van der Waals surface area contributed by atoms with E-state index < -0.39 is 11.4 Å². The number of phenolic OH excluding ortho intramolecular Hbond substituents is 1. The number of ketones is 1. The zero-order valence-corrected chi connectivity index (χ0v) is 13.1. The lowest BCUT2D eigenvalue weighted by molar-refractivity contribution is 0.101. The van der Waals surface area contributed by atoms with Crippen molar-refractivity contribution in [3.8, 4) is 11.5 Å². The quantitative estimate of drug-likeness (QED) is 0.455. The van der Waals surface area contributed by atoms with Crippen molar-refractivity contribution in [1.82, 2.24) is 0 Å². The van der Waals surface area contributed by atoms with Gasteiger partial charge in [0.05, 0.1) is 7.11 Å². The Morgan fingerprint density at radius 3 is 2.48 bits per heavy atom. The van der Waals surface area contributed by atoms with E-state index in [1.807, 2.05) is 0 Å². The first-order valence-corrected chi connectivity index (χ1v) is 7.44. The van der Waals surface area contributed by atoms with Gasteiger partial charge in [-0.25, -0.2) is 4.79 Å². The Labute approximate surface area is 140 Å². The Kier molecular flexibility index (Phi) is 3.32. The van der Waals surface area contributed by atoms with E-state index in [1.165, 1.54) is 31.4 Å². The summed E-state index contributed by atoms with van der Waals surface area (Å²) in [6, 6.07) is 12.4. The van der Waals surface area contributed by atoms with Crippen molar-refractivity contribution in [2.75, 3.05) is 7.11 Å². The van der Waals surface area contributed by atoms with Gasteiger partial charge < -0.3 is 18.7 Å². The molecule has 0 bridgehead atoms. The standard InChI is InChI=1S/C19H12O6/c1-23-13-3-5-16-11(7-13)8-14(19(22)25-16)18(21)17-9-10-6-12(20)2-4-15(10)24-17/h2-9,20H,1H3. The lowest BCUT2D eigenvalue weighted by Gasteiger charge is -2.03. The highest BCUT2D eigenvalue weighted by atomic mass is 16.5. The average molecular weight is 336 g/mol. The number of carbonyl (C=O) groups excluding carboxylic acids is 1. The summed E-state index contributed by atoms with van der Waals surface area (Å²) in [5.74, 6) is 0.0490. The molecule has 0 radical (unpaired) electrons. The maximum Gasteiger partial charge on any atom is 0.347 e. The number of methoxy groups -OCH3 is 1.